The summed E-state index contributed by atoms with van der Waals surface area (Å²) in [5.74, 6) is 0. The van der Waals surface area contributed by atoms with Crippen molar-refractivity contribution in [3.63, 3.8) is 0 Å². The molecule has 0 saturated carbocycles. The molecule has 0 aliphatic carbocycles. The Morgan fingerprint density at radius 1 is 1.35 bits per heavy atom. The van der Waals surface area contributed by atoms with Crippen molar-refractivity contribution in [2.45, 2.75) is 4.90 Å². The Kier molecular flexibility index (Phi) is 2.66. The van der Waals surface area contributed by atoms with Gasteiger partial charge in [0, 0.05) is 30.6 Å². The van der Waals surface area contributed by atoms with Gasteiger partial charge in [-0.3, -0.25) is 4.68 Å². The first-order valence-corrected chi connectivity index (χ1v) is 6.86. The minimum absolute atomic E-state index is 0.160. The van der Waals surface area contributed by atoms with E-state index in [0.29, 0.717) is 5.56 Å². The van der Waals surface area contributed by atoms with Crippen LogP contribution < -0.4 is 5.73 Å². The second kappa shape index (κ2) is 3.89. The van der Waals surface area contributed by atoms with Crippen LogP contribution in [0.5, 0.6) is 0 Å². The zero-order valence-corrected chi connectivity index (χ0v) is 10.4. The molecule has 2 N–H and O–H groups in total. The molecular formula is C11H13N3O2S. The minimum Gasteiger partial charge on any atom is -0.398 e. The van der Waals surface area contributed by atoms with Crippen molar-refractivity contribution in [1.82, 2.24) is 9.78 Å². The number of rotatable bonds is 2. The van der Waals surface area contributed by atoms with E-state index >= 15 is 0 Å². The summed E-state index contributed by atoms with van der Waals surface area (Å²) >= 11 is 0. The summed E-state index contributed by atoms with van der Waals surface area (Å²) in [4.78, 5) is 0.160. The van der Waals surface area contributed by atoms with E-state index in [-0.39, 0.29) is 10.6 Å². The lowest BCUT2D eigenvalue weighted by Gasteiger charge is -2.08. The average molecular weight is 251 g/mol. The molecule has 0 amide bonds. The van der Waals surface area contributed by atoms with E-state index in [2.05, 4.69) is 5.10 Å². The topological polar surface area (TPSA) is 78.0 Å². The van der Waals surface area contributed by atoms with Crippen LogP contribution in [0.15, 0.2) is 35.5 Å². The number of benzene rings is 1. The van der Waals surface area contributed by atoms with E-state index < -0.39 is 9.84 Å². The van der Waals surface area contributed by atoms with Crippen molar-refractivity contribution in [2.75, 3.05) is 12.0 Å². The molecule has 0 spiro atoms. The molecule has 0 aliphatic rings. The van der Waals surface area contributed by atoms with Crippen LogP contribution in [-0.4, -0.2) is 24.5 Å². The van der Waals surface area contributed by atoms with Crippen molar-refractivity contribution >= 4 is 15.5 Å². The summed E-state index contributed by atoms with van der Waals surface area (Å²) in [6.45, 7) is 0. The number of nitrogen functional groups attached to an aromatic ring is 1. The van der Waals surface area contributed by atoms with Gasteiger partial charge in [0.15, 0.2) is 9.84 Å². The molecule has 0 radical (unpaired) electrons. The van der Waals surface area contributed by atoms with Crippen molar-refractivity contribution < 1.29 is 8.42 Å². The molecule has 5 nitrogen and oxygen atoms in total. The molecule has 0 bridgehead atoms. The van der Waals surface area contributed by atoms with Crippen LogP contribution in [0.1, 0.15) is 0 Å². The number of anilines is 1. The van der Waals surface area contributed by atoms with Crippen LogP contribution >= 0.6 is 0 Å². The minimum atomic E-state index is -3.37. The van der Waals surface area contributed by atoms with Gasteiger partial charge in [-0.25, -0.2) is 8.42 Å². The summed E-state index contributed by atoms with van der Waals surface area (Å²) in [5, 5.41) is 4.03. The van der Waals surface area contributed by atoms with E-state index in [1.807, 2.05) is 0 Å². The van der Waals surface area contributed by atoms with E-state index in [1.54, 1.807) is 42.3 Å². The summed E-state index contributed by atoms with van der Waals surface area (Å²) < 4.78 is 25.1. The number of nitrogens with two attached hydrogens (primary N) is 1. The zero-order chi connectivity index (χ0) is 12.6. The molecule has 17 heavy (non-hydrogen) atoms. The molecule has 0 aliphatic heterocycles. The number of hydrogen-bond donors (Lipinski definition) is 1. The quantitative estimate of drug-likeness (QED) is 0.810. The number of aryl methyl sites for hydroxylation is 1. The number of hydrogen-bond acceptors (Lipinski definition) is 4. The Morgan fingerprint density at radius 2 is 2.06 bits per heavy atom. The smallest absolute Gasteiger partial charge is 0.178 e. The Balaban J connectivity index is 2.75. The van der Waals surface area contributed by atoms with E-state index in [4.69, 9.17) is 5.73 Å². The number of aromatic nitrogens is 2. The van der Waals surface area contributed by atoms with Crippen LogP contribution in [-0.2, 0) is 16.9 Å². The molecule has 90 valence electrons. The molecule has 0 saturated heterocycles. The predicted octanol–water partition coefficient (Wildman–Crippen LogP) is 1.07. The van der Waals surface area contributed by atoms with Gasteiger partial charge in [-0.1, -0.05) is 12.1 Å². The van der Waals surface area contributed by atoms with Gasteiger partial charge in [0.05, 0.1) is 16.8 Å². The fourth-order valence-corrected chi connectivity index (χ4v) is 2.84. The fraction of sp³-hybridized carbons (Fsp3) is 0.182. The van der Waals surface area contributed by atoms with Crippen molar-refractivity contribution in [1.29, 1.82) is 0 Å². The highest BCUT2D eigenvalue weighted by atomic mass is 32.2. The Labute approximate surface area is 99.8 Å². The summed E-state index contributed by atoms with van der Waals surface area (Å²) in [6, 6.07) is 5.03. The normalized spacial score (nSPS) is 11.6. The van der Waals surface area contributed by atoms with Gasteiger partial charge in [0.1, 0.15) is 0 Å². The lowest BCUT2D eigenvalue weighted by molar-refractivity contribution is 0.602. The first-order valence-electron chi connectivity index (χ1n) is 4.97. The molecule has 0 atom stereocenters. The molecule has 1 aromatic heterocycles. The maximum absolute atomic E-state index is 11.7. The largest absolute Gasteiger partial charge is 0.398 e. The zero-order valence-electron chi connectivity index (χ0n) is 9.58. The predicted molar refractivity (Wildman–Crippen MR) is 66.2 cm³/mol. The van der Waals surface area contributed by atoms with Crippen LogP contribution in [0.25, 0.3) is 11.1 Å². The highest BCUT2D eigenvalue weighted by Crippen LogP contribution is 2.31. The number of nitrogens with zero attached hydrogens (tertiary/aromatic N) is 2. The lowest BCUT2D eigenvalue weighted by atomic mass is 10.1. The molecule has 1 aromatic carbocycles. The highest BCUT2D eigenvalue weighted by Gasteiger charge is 2.18. The van der Waals surface area contributed by atoms with Crippen LogP contribution in [0, 0.1) is 0 Å². The third kappa shape index (κ3) is 2.16. The van der Waals surface area contributed by atoms with Crippen molar-refractivity contribution in [3.05, 3.63) is 30.6 Å². The molecule has 1 heterocycles. The van der Waals surface area contributed by atoms with Crippen LogP contribution in [0.3, 0.4) is 0 Å². The van der Waals surface area contributed by atoms with E-state index in [1.165, 1.54) is 0 Å². The average Bonchev–Trinajstić information content (AvgIpc) is 2.62. The van der Waals surface area contributed by atoms with Crippen molar-refractivity contribution in [2.24, 2.45) is 7.05 Å². The second-order valence-corrected chi connectivity index (χ2v) is 5.85. The fourth-order valence-electron chi connectivity index (χ4n) is 1.76. The van der Waals surface area contributed by atoms with Crippen LogP contribution in [0.2, 0.25) is 0 Å². The Bertz CT molecular complexity index is 659. The lowest BCUT2D eigenvalue weighted by Crippen LogP contribution is -2.04. The summed E-state index contributed by atoms with van der Waals surface area (Å²) in [5.41, 5.74) is 7.32. The SMILES string of the molecule is Cn1cc(-c2cccc(N)c2S(C)(=O)=O)cn1. The maximum Gasteiger partial charge on any atom is 0.178 e. The first kappa shape index (κ1) is 11.7. The van der Waals surface area contributed by atoms with E-state index in [9.17, 15) is 8.42 Å². The molecular weight excluding hydrogens is 238 g/mol. The van der Waals surface area contributed by atoms with Crippen molar-refractivity contribution in [3.8, 4) is 11.1 Å². The monoisotopic (exact) mass is 251 g/mol. The third-order valence-corrected chi connectivity index (χ3v) is 3.63. The van der Waals surface area contributed by atoms with Gasteiger partial charge >= 0.3 is 0 Å². The van der Waals surface area contributed by atoms with Gasteiger partial charge in [-0.2, -0.15) is 5.10 Å². The van der Waals surface area contributed by atoms with Crippen LogP contribution in [0.4, 0.5) is 5.69 Å². The molecule has 2 rings (SSSR count). The van der Waals surface area contributed by atoms with Gasteiger partial charge in [0.2, 0.25) is 0 Å². The van der Waals surface area contributed by atoms with Gasteiger partial charge < -0.3 is 5.73 Å². The maximum atomic E-state index is 11.7. The van der Waals surface area contributed by atoms with Gasteiger partial charge in [0.25, 0.3) is 0 Å². The molecule has 0 unspecified atom stereocenters. The standard InChI is InChI=1S/C11H13N3O2S/c1-14-7-8(6-13-14)9-4-3-5-10(12)11(9)17(2,15)16/h3-7H,12H2,1-2H3. The summed E-state index contributed by atoms with van der Waals surface area (Å²) in [6.07, 6.45) is 4.52. The Morgan fingerprint density at radius 3 is 2.59 bits per heavy atom. The summed E-state index contributed by atoms with van der Waals surface area (Å²) in [7, 11) is -1.59. The number of sulfone groups is 1. The molecule has 0 fully saturated rings. The molecule has 6 heteroatoms. The van der Waals surface area contributed by atoms with E-state index in [0.717, 1.165) is 11.8 Å². The highest BCUT2D eigenvalue weighted by molar-refractivity contribution is 7.91. The molecule has 2 aromatic rings. The first-order chi connectivity index (χ1) is 7.89. The van der Waals surface area contributed by atoms with Gasteiger partial charge in [-0.05, 0) is 6.07 Å². The van der Waals surface area contributed by atoms with Gasteiger partial charge in [-0.15, -0.1) is 0 Å². The Hall–Kier alpha value is -1.82. The second-order valence-electron chi connectivity index (χ2n) is 3.90. The third-order valence-electron chi connectivity index (χ3n) is 2.43.